The summed E-state index contributed by atoms with van der Waals surface area (Å²) in [6.07, 6.45) is 3.09. The summed E-state index contributed by atoms with van der Waals surface area (Å²) < 4.78 is 59.5. The lowest BCUT2D eigenvalue weighted by Crippen LogP contribution is -2.12. The number of aryl methyl sites for hydroxylation is 2. The van der Waals surface area contributed by atoms with Crippen LogP contribution < -0.4 is 5.32 Å². The van der Waals surface area contributed by atoms with Gasteiger partial charge in [-0.2, -0.15) is 10.1 Å². The van der Waals surface area contributed by atoms with Crippen LogP contribution in [0, 0.1) is 12.7 Å². The summed E-state index contributed by atoms with van der Waals surface area (Å²) in [6.45, 7) is 7.85. The Balaban J connectivity index is 1.52. The van der Waals surface area contributed by atoms with Gasteiger partial charge in [-0.15, -0.1) is 18.3 Å². The van der Waals surface area contributed by atoms with Gasteiger partial charge in [-0.3, -0.25) is 0 Å². The van der Waals surface area contributed by atoms with E-state index in [0.29, 0.717) is 35.9 Å². The van der Waals surface area contributed by atoms with E-state index in [9.17, 15) is 17.6 Å². The van der Waals surface area contributed by atoms with E-state index in [0.717, 1.165) is 12.8 Å². The normalized spacial score (nSPS) is 16.6. The van der Waals surface area contributed by atoms with Crippen molar-refractivity contribution in [1.29, 1.82) is 0 Å². The minimum atomic E-state index is -4.78. The number of halogens is 4. The number of hydrogen-bond donors (Lipinski definition) is 1. The summed E-state index contributed by atoms with van der Waals surface area (Å²) in [7, 11) is 0. The van der Waals surface area contributed by atoms with Crippen molar-refractivity contribution in [2.75, 3.05) is 5.32 Å². The van der Waals surface area contributed by atoms with Crippen LogP contribution in [-0.4, -0.2) is 35.9 Å². The smallest absolute Gasteiger partial charge is 0.406 e. The lowest BCUT2D eigenvalue weighted by molar-refractivity contribution is -0.303. The zero-order chi connectivity index (χ0) is 25.9. The fourth-order valence-electron chi connectivity index (χ4n) is 3.91. The Morgan fingerprint density at radius 2 is 2.03 bits per heavy atom. The standard InChI is InChI=1S/C24H25F4N7O/c1-4-18(36-24(26,27)28)10-8-15(2)19-7-5-6-12-34-22(19)31-23(33-34)30-17-9-11-21(20(25)13-17)35-14-29-16(3)32-35/h4,8-11,13-14,19H,2,5-7,12H2,1,3H3,(H,30,33)/b10-8-,18-4+/t19-/m0/s1. The minimum Gasteiger partial charge on any atom is -0.406 e. The fourth-order valence-corrected chi connectivity index (χ4v) is 3.91. The van der Waals surface area contributed by atoms with Gasteiger partial charge in [-0.05, 0) is 62.6 Å². The summed E-state index contributed by atoms with van der Waals surface area (Å²) in [5.41, 5.74) is 1.29. The number of fused-ring (bicyclic) bond motifs is 1. The molecule has 0 spiro atoms. The number of rotatable bonds is 7. The van der Waals surface area contributed by atoms with Crippen molar-refractivity contribution >= 4 is 11.6 Å². The van der Waals surface area contributed by atoms with Crippen LogP contribution in [0.3, 0.4) is 0 Å². The number of nitrogens with one attached hydrogen (secondary N) is 1. The van der Waals surface area contributed by atoms with Gasteiger partial charge in [0.15, 0.2) is 5.82 Å². The first kappa shape index (κ1) is 25.1. The highest BCUT2D eigenvalue weighted by Crippen LogP contribution is 2.33. The second kappa shape index (κ2) is 10.3. The largest absolute Gasteiger partial charge is 0.573 e. The predicted octanol–water partition coefficient (Wildman–Crippen LogP) is 5.87. The van der Waals surface area contributed by atoms with Crippen molar-refractivity contribution in [2.24, 2.45) is 0 Å². The molecule has 0 radical (unpaired) electrons. The maximum atomic E-state index is 14.7. The Morgan fingerprint density at radius 3 is 2.69 bits per heavy atom. The molecule has 1 aromatic carbocycles. The molecule has 1 N–H and O–H groups in total. The third-order valence-corrected chi connectivity index (χ3v) is 5.61. The SMILES string of the molecule is C=C(/C=C\C(=C/C)OC(F)(F)F)[C@@H]1CCCCn2nc(Nc3ccc(-n4cnc(C)n4)c(F)c3)nc21. The van der Waals surface area contributed by atoms with Crippen molar-refractivity contribution in [3.05, 3.63) is 78.1 Å². The topological polar surface area (TPSA) is 82.7 Å². The molecule has 0 saturated carbocycles. The van der Waals surface area contributed by atoms with Crippen molar-refractivity contribution in [3.8, 4) is 5.69 Å². The zero-order valence-electron chi connectivity index (χ0n) is 19.8. The number of benzene rings is 1. The molecule has 2 aromatic heterocycles. The predicted molar refractivity (Wildman–Crippen MR) is 125 cm³/mol. The van der Waals surface area contributed by atoms with E-state index in [1.807, 2.05) is 0 Å². The molecule has 0 saturated heterocycles. The molecular weight excluding hydrogens is 478 g/mol. The Labute approximate surface area is 205 Å². The summed E-state index contributed by atoms with van der Waals surface area (Å²) >= 11 is 0. The van der Waals surface area contributed by atoms with Crippen LogP contribution in [0.2, 0.25) is 0 Å². The molecule has 1 aliphatic rings. The van der Waals surface area contributed by atoms with E-state index in [-0.39, 0.29) is 23.3 Å². The monoisotopic (exact) mass is 503 g/mol. The molecule has 4 rings (SSSR count). The summed E-state index contributed by atoms with van der Waals surface area (Å²) in [4.78, 5) is 8.61. The van der Waals surface area contributed by atoms with Gasteiger partial charge in [0.2, 0.25) is 5.95 Å². The number of allylic oxidation sites excluding steroid dienone is 4. The number of alkyl halides is 3. The molecule has 0 fully saturated rings. The van der Waals surface area contributed by atoms with Crippen molar-refractivity contribution in [3.63, 3.8) is 0 Å². The third-order valence-electron chi connectivity index (χ3n) is 5.61. The first-order valence-corrected chi connectivity index (χ1v) is 11.3. The Bertz CT molecular complexity index is 1310. The molecule has 8 nitrogen and oxygen atoms in total. The summed E-state index contributed by atoms with van der Waals surface area (Å²) in [5.74, 6) is 0.382. The van der Waals surface area contributed by atoms with E-state index >= 15 is 0 Å². The van der Waals surface area contributed by atoms with Crippen molar-refractivity contribution < 1.29 is 22.3 Å². The van der Waals surface area contributed by atoms with Crippen molar-refractivity contribution in [2.45, 2.75) is 51.9 Å². The van der Waals surface area contributed by atoms with E-state index in [1.54, 1.807) is 23.7 Å². The van der Waals surface area contributed by atoms with Crippen LogP contribution in [0.4, 0.5) is 29.2 Å². The Hall–Kier alpha value is -3.96. The summed E-state index contributed by atoms with van der Waals surface area (Å²) in [5, 5.41) is 11.6. The van der Waals surface area contributed by atoms with Gasteiger partial charge in [-0.25, -0.2) is 18.7 Å². The van der Waals surface area contributed by atoms with Gasteiger partial charge in [0.1, 0.15) is 29.4 Å². The summed E-state index contributed by atoms with van der Waals surface area (Å²) in [6, 6.07) is 4.57. The third kappa shape index (κ3) is 5.99. The van der Waals surface area contributed by atoms with Crippen LogP contribution in [-0.2, 0) is 11.3 Å². The highest BCUT2D eigenvalue weighted by atomic mass is 19.4. The van der Waals surface area contributed by atoms with Gasteiger partial charge in [0, 0.05) is 18.2 Å². The van der Waals surface area contributed by atoms with Crippen LogP contribution >= 0.6 is 0 Å². The molecule has 3 heterocycles. The molecule has 1 atom stereocenters. The number of anilines is 2. The van der Waals surface area contributed by atoms with E-state index < -0.39 is 12.2 Å². The Kier molecular flexibility index (Phi) is 7.22. The number of ether oxygens (including phenoxy) is 1. The van der Waals surface area contributed by atoms with E-state index in [1.165, 1.54) is 42.2 Å². The fraction of sp³-hybridized carbons (Fsp3) is 0.333. The lowest BCUT2D eigenvalue weighted by Gasteiger charge is -2.14. The van der Waals surface area contributed by atoms with Crippen LogP contribution in [0.25, 0.3) is 5.69 Å². The van der Waals surface area contributed by atoms with Gasteiger partial charge in [0.25, 0.3) is 0 Å². The lowest BCUT2D eigenvalue weighted by atomic mass is 9.94. The second-order valence-corrected chi connectivity index (χ2v) is 8.24. The average molecular weight is 504 g/mol. The maximum absolute atomic E-state index is 14.7. The quantitative estimate of drug-likeness (QED) is 0.247. The molecule has 12 heteroatoms. The molecule has 0 amide bonds. The average Bonchev–Trinajstić information content (AvgIpc) is 3.36. The zero-order valence-corrected chi connectivity index (χ0v) is 19.8. The maximum Gasteiger partial charge on any atom is 0.573 e. The number of nitrogens with zero attached hydrogens (tertiary/aromatic N) is 6. The molecule has 36 heavy (non-hydrogen) atoms. The van der Waals surface area contributed by atoms with Gasteiger partial charge < -0.3 is 10.1 Å². The highest BCUT2D eigenvalue weighted by molar-refractivity contribution is 5.56. The van der Waals surface area contributed by atoms with Gasteiger partial charge >= 0.3 is 6.36 Å². The molecule has 3 aromatic rings. The molecule has 1 aliphatic heterocycles. The van der Waals surface area contributed by atoms with Crippen LogP contribution in [0.5, 0.6) is 0 Å². The first-order chi connectivity index (χ1) is 17.1. The number of aromatic nitrogens is 6. The van der Waals surface area contributed by atoms with Gasteiger partial charge in [0.05, 0.1) is 0 Å². The number of hydrogen-bond acceptors (Lipinski definition) is 6. The highest BCUT2D eigenvalue weighted by Gasteiger charge is 2.31. The Morgan fingerprint density at radius 1 is 1.22 bits per heavy atom. The molecule has 190 valence electrons. The first-order valence-electron chi connectivity index (χ1n) is 11.3. The molecule has 0 unspecified atom stereocenters. The van der Waals surface area contributed by atoms with E-state index in [2.05, 4.69) is 36.8 Å². The minimum absolute atomic E-state index is 0.245. The second-order valence-electron chi connectivity index (χ2n) is 8.24. The van der Waals surface area contributed by atoms with Crippen LogP contribution in [0.1, 0.15) is 43.8 Å². The molecule has 0 bridgehead atoms. The van der Waals surface area contributed by atoms with E-state index in [4.69, 9.17) is 0 Å². The molecular formula is C24H25F4N7O. The molecule has 0 aliphatic carbocycles. The van der Waals surface area contributed by atoms with Gasteiger partial charge in [-0.1, -0.05) is 19.1 Å². The van der Waals surface area contributed by atoms with Crippen molar-refractivity contribution in [1.82, 2.24) is 29.5 Å². The van der Waals surface area contributed by atoms with Crippen LogP contribution in [0.15, 0.2) is 60.7 Å².